The molecule has 0 aliphatic rings. The van der Waals surface area contributed by atoms with Crippen LogP contribution in [0.2, 0.25) is 0 Å². The molecule has 6 heteroatoms. The van der Waals surface area contributed by atoms with Gasteiger partial charge in [0.1, 0.15) is 5.82 Å². The maximum atomic E-state index is 13.4. The minimum absolute atomic E-state index is 0.210. The molecule has 106 valence electrons. The van der Waals surface area contributed by atoms with Crippen LogP contribution in [0.1, 0.15) is 43.6 Å². The minimum atomic E-state index is -0.982. The number of halogens is 3. The van der Waals surface area contributed by atoms with Gasteiger partial charge in [-0.05, 0) is 13.3 Å². The maximum absolute atomic E-state index is 13.4. The zero-order valence-electron chi connectivity index (χ0n) is 11.0. The van der Waals surface area contributed by atoms with Gasteiger partial charge in [-0.15, -0.1) is 11.6 Å². The van der Waals surface area contributed by atoms with Gasteiger partial charge in [0.25, 0.3) is 5.91 Å². The van der Waals surface area contributed by atoms with Gasteiger partial charge in [0.15, 0.2) is 11.5 Å². The van der Waals surface area contributed by atoms with Crippen LogP contribution in [0.5, 0.6) is 0 Å². The maximum Gasteiger partial charge on any atom is 0.273 e. The quantitative estimate of drug-likeness (QED) is 0.817. The van der Waals surface area contributed by atoms with Gasteiger partial charge in [0.05, 0.1) is 11.7 Å². The van der Waals surface area contributed by atoms with Crippen molar-refractivity contribution in [1.29, 1.82) is 0 Å². The highest BCUT2D eigenvalue weighted by Gasteiger charge is 2.27. The van der Waals surface area contributed by atoms with Crippen LogP contribution in [0.3, 0.4) is 0 Å². The second-order valence-electron chi connectivity index (χ2n) is 4.74. The third kappa shape index (κ3) is 4.42. The highest BCUT2D eigenvalue weighted by molar-refractivity contribution is 6.18. The van der Waals surface area contributed by atoms with E-state index in [1.165, 1.54) is 0 Å². The van der Waals surface area contributed by atoms with E-state index in [4.69, 9.17) is 11.6 Å². The topological polar surface area (TPSA) is 42.0 Å². The van der Waals surface area contributed by atoms with Crippen LogP contribution in [0.4, 0.5) is 8.78 Å². The van der Waals surface area contributed by atoms with Crippen molar-refractivity contribution < 1.29 is 13.6 Å². The average Bonchev–Trinajstić information content (AvgIpc) is 2.36. The Balaban J connectivity index is 2.82. The number of hydrogen-bond donors (Lipinski definition) is 1. The summed E-state index contributed by atoms with van der Waals surface area (Å²) in [5.74, 6) is -2.27. The van der Waals surface area contributed by atoms with Crippen LogP contribution in [0.15, 0.2) is 12.3 Å². The monoisotopic (exact) mass is 290 g/mol. The normalized spacial score (nSPS) is 13.9. The van der Waals surface area contributed by atoms with Gasteiger partial charge in [0, 0.05) is 11.9 Å². The van der Waals surface area contributed by atoms with Gasteiger partial charge < -0.3 is 5.32 Å². The molecule has 1 amide bonds. The van der Waals surface area contributed by atoms with E-state index < -0.39 is 28.8 Å². The van der Waals surface area contributed by atoms with Crippen LogP contribution >= 0.6 is 11.6 Å². The van der Waals surface area contributed by atoms with E-state index in [-0.39, 0.29) is 5.88 Å². The zero-order valence-corrected chi connectivity index (χ0v) is 11.7. The first-order valence-electron chi connectivity index (χ1n) is 6.11. The predicted molar refractivity (Wildman–Crippen MR) is 70.3 cm³/mol. The van der Waals surface area contributed by atoms with Crippen molar-refractivity contribution >= 4 is 17.5 Å². The van der Waals surface area contributed by atoms with E-state index in [1.807, 2.05) is 6.92 Å². The third-order valence-corrected chi connectivity index (χ3v) is 3.41. The summed E-state index contributed by atoms with van der Waals surface area (Å²) >= 11 is 5.85. The Bertz CT molecular complexity index is 456. The zero-order chi connectivity index (χ0) is 14.5. The van der Waals surface area contributed by atoms with Crippen molar-refractivity contribution in [3.8, 4) is 0 Å². The van der Waals surface area contributed by atoms with E-state index in [9.17, 15) is 13.6 Å². The Kier molecular flexibility index (Phi) is 5.66. The van der Waals surface area contributed by atoms with Gasteiger partial charge in [0.2, 0.25) is 0 Å². The number of carbonyl (C=O) groups is 1. The Morgan fingerprint density at radius 3 is 2.74 bits per heavy atom. The lowest BCUT2D eigenvalue weighted by Gasteiger charge is -2.28. The molecule has 1 aromatic heterocycles. The van der Waals surface area contributed by atoms with Crippen molar-refractivity contribution in [2.45, 2.75) is 38.6 Å². The molecule has 0 bridgehead atoms. The average molecular weight is 291 g/mol. The number of nitrogens with one attached hydrogen (secondary N) is 1. The number of alkyl halides is 1. The third-order valence-electron chi connectivity index (χ3n) is 2.82. The summed E-state index contributed by atoms with van der Waals surface area (Å²) < 4.78 is 26.2. The van der Waals surface area contributed by atoms with Crippen molar-refractivity contribution in [1.82, 2.24) is 10.3 Å². The molecule has 0 radical (unpaired) electrons. The van der Waals surface area contributed by atoms with E-state index in [0.29, 0.717) is 12.5 Å². The fourth-order valence-corrected chi connectivity index (χ4v) is 1.85. The molecule has 1 unspecified atom stereocenters. The van der Waals surface area contributed by atoms with Crippen molar-refractivity contribution in [3.05, 3.63) is 29.6 Å². The summed E-state index contributed by atoms with van der Waals surface area (Å²) in [5.41, 5.74) is -1.05. The second kappa shape index (κ2) is 6.80. The summed E-state index contributed by atoms with van der Waals surface area (Å²) in [7, 11) is 0. The first-order chi connectivity index (χ1) is 8.91. The van der Waals surface area contributed by atoms with Crippen molar-refractivity contribution in [3.63, 3.8) is 0 Å². The molecular weight excluding hydrogens is 274 g/mol. The largest absolute Gasteiger partial charge is 0.344 e. The molecule has 1 heterocycles. The summed E-state index contributed by atoms with van der Waals surface area (Å²) in [4.78, 5) is 15.4. The number of amides is 1. The SMILES string of the molecule is CCCCC(C)(CCl)NC(=O)c1ncc(F)cc1F. The number of nitrogens with zero attached hydrogens (tertiary/aromatic N) is 1. The fraction of sp³-hybridized carbons (Fsp3) is 0.538. The molecule has 0 aliphatic heterocycles. The number of pyridine rings is 1. The van der Waals surface area contributed by atoms with E-state index in [2.05, 4.69) is 10.3 Å². The summed E-state index contributed by atoms with van der Waals surface area (Å²) in [6.45, 7) is 3.81. The molecular formula is C13H17ClF2N2O. The number of aromatic nitrogens is 1. The molecule has 3 nitrogen and oxygen atoms in total. The first kappa shape index (κ1) is 15.8. The number of hydrogen-bond acceptors (Lipinski definition) is 2. The van der Waals surface area contributed by atoms with E-state index >= 15 is 0 Å². The lowest BCUT2D eigenvalue weighted by Crippen LogP contribution is -2.48. The van der Waals surface area contributed by atoms with Gasteiger partial charge in [-0.2, -0.15) is 0 Å². The minimum Gasteiger partial charge on any atom is -0.344 e. The predicted octanol–water partition coefficient (Wildman–Crippen LogP) is 3.28. The molecule has 0 fully saturated rings. The lowest BCUT2D eigenvalue weighted by atomic mass is 9.97. The Morgan fingerprint density at radius 2 is 2.21 bits per heavy atom. The van der Waals surface area contributed by atoms with Gasteiger partial charge in [-0.1, -0.05) is 19.8 Å². The second-order valence-corrected chi connectivity index (χ2v) is 5.00. The molecule has 1 atom stereocenters. The fourth-order valence-electron chi connectivity index (χ4n) is 1.64. The van der Waals surface area contributed by atoms with Crippen LogP contribution in [-0.4, -0.2) is 22.3 Å². The Morgan fingerprint density at radius 1 is 1.53 bits per heavy atom. The Labute approximate surface area is 116 Å². The standard InChI is InChI=1S/C13H17ClF2N2O/c1-3-4-5-13(2,8-14)18-12(19)11-10(16)6-9(15)7-17-11/h6-7H,3-5,8H2,1-2H3,(H,18,19). The Hall–Kier alpha value is -1.23. The van der Waals surface area contributed by atoms with Crippen molar-refractivity contribution in [2.24, 2.45) is 0 Å². The lowest BCUT2D eigenvalue weighted by molar-refractivity contribution is 0.0899. The first-order valence-corrected chi connectivity index (χ1v) is 6.65. The molecule has 1 rings (SSSR count). The van der Waals surface area contributed by atoms with Crippen LogP contribution < -0.4 is 5.32 Å². The van der Waals surface area contributed by atoms with Crippen LogP contribution in [0, 0.1) is 11.6 Å². The molecule has 1 aromatic rings. The van der Waals surface area contributed by atoms with Crippen molar-refractivity contribution in [2.75, 3.05) is 5.88 Å². The van der Waals surface area contributed by atoms with Crippen LogP contribution in [0.25, 0.3) is 0 Å². The molecule has 0 spiro atoms. The van der Waals surface area contributed by atoms with Crippen LogP contribution in [-0.2, 0) is 0 Å². The highest BCUT2D eigenvalue weighted by atomic mass is 35.5. The summed E-state index contributed by atoms with van der Waals surface area (Å²) in [6, 6.07) is 0.631. The highest BCUT2D eigenvalue weighted by Crippen LogP contribution is 2.17. The molecule has 0 saturated carbocycles. The van der Waals surface area contributed by atoms with Gasteiger partial charge in [-0.3, -0.25) is 4.79 Å². The van der Waals surface area contributed by atoms with Gasteiger partial charge in [-0.25, -0.2) is 13.8 Å². The number of unbranched alkanes of at least 4 members (excludes halogenated alkanes) is 1. The molecule has 0 aromatic carbocycles. The number of rotatable bonds is 6. The molecule has 19 heavy (non-hydrogen) atoms. The van der Waals surface area contributed by atoms with Gasteiger partial charge >= 0.3 is 0 Å². The smallest absolute Gasteiger partial charge is 0.273 e. The van der Waals surface area contributed by atoms with E-state index in [1.54, 1.807) is 6.92 Å². The molecule has 0 aliphatic carbocycles. The molecule has 1 N–H and O–H groups in total. The molecule has 0 saturated heterocycles. The number of carbonyl (C=O) groups excluding carboxylic acids is 1. The summed E-state index contributed by atoms with van der Waals surface area (Å²) in [5, 5.41) is 2.66. The summed E-state index contributed by atoms with van der Waals surface area (Å²) in [6.07, 6.45) is 3.35. The van der Waals surface area contributed by atoms with E-state index in [0.717, 1.165) is 19.0 Å².